The predicted molar refractivity (Wildman–Crippen MR) is 105 cm³/mol. The predicted octanol–water partition coefficient (Wildman–Crippen LogP) is 4.71. The molecule has 0 aliphatic carbocycles. The van der Waals surface area contributed by atoms with Gasteiger partial charge in [0.15, 0.2) is 6.61 Å². The van der Waals surface area contributed by atoms with E-state index in [4.69, 9.17) is 4.74 Å². The Morgan fingerprint density at radius 2 is 1.69 bits per heavy atom. The van der Waals surface area contributed by atoms with Crippen LogP contribution in [0.3, 0.4) is 0 Å². The average molecular weight is 342 g/mol. The zero-order valence-corrected chi connectivity index (χ0v) is 14.4. The maximum atomic E-state index is 12.3. The number of aromatic nitrogens is 1. The Kier molecular flexibility index (Phi) is 4.23. The molecule has 0 saturated heterocycles. The van der Waals surface area contributed by atoms with Crippen LogP contribution in [0.15, 0.2) is 72.8 Å². The number of ether oxygens (including phenoxy) is 1. The van der Waals surface area contributed by atoms with Gasteiger partial charge in [-0.15, -0.1) is 0 Å². The molecule has 0 bridgehead atoms. The normalized spacial score (nSPS) is 10.8. The summed E-state index contributed by atoms with van der Waals surface area (Å²) in [7, 11) is 0. The zero-order chi connectivity index (χ0) is 17.9. The number of amides is 1. The summed E-state index contributed by atoms with van der Waals surface area (Å²) >= 11 is 0. The lowest BCUT2D eigenvalue weighted by atomic mass is 10.1. The Bertz CT molecular complexity index is 1110. The Morgan fingerprint density at radius 1 is 0.923 bits per heavy atom. The molecule has 1 heterocycles. The minimum atomic E-state index is -0.214. The van der Waals surface area contributed by atoms with Gasteiger partial charge in [0.1, 0.15) is 5.75 Å². The van der Waals surface area contributed by atoms with Crippen molar-refractivity contribution in [1.82, 2.24) is 4.98 Å². The van der Waals surface area contributed by atoms with E-state index >= 15 is 0 Å². The second kappa shape index (κ2) is 6.84. The first-order valence-corrected chi connectivity index (χ1v) is 8.47. The van der Waals surface area contributed by atoms with Crippen LogP contribution in [-0.2, 0) is 4.79 Å². The molecule has 26 heavy (non-hydrogen) atoms. The molecule has 1 amide bonds. The van der Waals surface area contributed by atoms with Crippen molar-refractivity contribution in [3.05, 3.63) is 78.5 Å². The molecule has 0 saturated carbocycles. The molecule has 0 spiro atoms. The van der Waals surface area contributed by atoms with Crippen LogP contribution in [0.1, 0.15) is 5.69 Å². The molecule has 1 N–H and O–H groups in total. The van der Waals surface area contributed by atoms with Crippen molar-refractivity contribution in [1.29, 1.82) is 0 Å². The molecular formula is C22H18N2O2. The standard InChI is InChI=1S/C22H18N2O2/c1-15-9-10-17-7-4-8-20(22(17)23-15)24-21(25)14-26-19-12-11-16-5-2-3-6-18(16)13-19/h2-13H,14H2,1H3,(H,24,25). The Labute approximate surface area is 151 Å². The highest BCUT2D eigenvalue weighted by molar-refractivity contribution is 6.00. The second-order valence-corrected chi connectivity index (χ2v) is 6.18. The first-order valence-electron chi connectivity index (χ1n) is 8.47. The van der Waals surface area contributed by atoms with Gasteiger partial charge in [-0.05, 0) is 42.0 Å². The summed E-state index contributed by atoms with van der Waals surface area (Å²) in [4.78, 5) is 16.8. The molecular weight excluding hydrogens is 324 g/mol. The molecule has 0 aliphatic heterocycles. The monoisotopic (exact) mass is 342 g/mol. The van der Waals surface area contributed by atoms with E-state index in [1.807, 2.05) is 79.7 Å². The van der Waals surface area contributed by atoms with Crippen LogP contribution in [0.25, 0.3) is 21.7 Å². The van der Waals surface area contributed by atoms with Gasteiger partial charge < -0.3 is 10.1 Å². The van der Waals surface area contributed by atoms with Crippen molar-refractivity contribution in [2.75, 3.05) is 11.9 Å². The molecule has 1 aromatic heterocycles. The number of hydrogen-bond acceptors (Lipinski definition) is 3. The van der Waals surface area contributed by atoms with Gasteiger partial charge in [-0.2, -0.15) is 0 Å². The first-order chi connectivity index (χ1) is 12.7. The van der Waals surface area contributed by atoms with Crippen molar-refractivity contribution >= 4 is 33.3 Å². The third-order valence-electron chi connectivity index (χ3n) is 4.22. The molecule has 0 aliphatic rings. The van der Waals surface area contributed by atoms with E-state index in [9.17, 15) is 4.79 Å². The van der Waals surface area contributed by atoms with Crippen LogP contribution in [0.5, 0.6) is 5.75 Å². The lowest BCUT2D eigenvalue weighted by Crippen LogP contribution is -2.20. The maximum Gasteiger partial charge on any atom is 0.262 e. The molecule has 0 atom stereocenters. The Balaban J connectivity index is 1.48. The summed E-state index contributed by atoms with van der Waals surface area (Å²) in [5.41, 5.74) is 2.39. The van der Waals surface area contributed by atoms with Crippen molar-refractivity contribution in [2.24, 2.45) is 0 Å². The molecule has 4 rings (SSSR count). The van der Waals surface area contributed by atoms with Gasteiger partial charge in [-0.1, -0.05) is 48.5 Å². The van der Waals surface area contributed by atoms with E-state index in [1.54, 1.807) is 0 Å². The average Bonchev–Trinajstić information content (AvgIpc) is 2.67. The number of aryl methyl sites for hydroxylation is 1. The van der Waals surface area contributed by atoms with Gasteiger partial charge in [0.25, 0.3) is 5.91 Å². The number of nitrogens with one attached hydrogen (secondary N) is 1. The van der Waals surface area contributed by atoms with Gasteiger partial charge in [0, 0.05) is 11.1 Å². The van der Waals surface area contributed by atoms with Crippen LogP contribution in [0.4, 0.5) is 5.69 Å². The second-order valence-electron chi connectivity index (χ2n) is 6.18. The summed E-state index contributed by atoms with van der Waals surface area (Å²) in [6.45, 7) is 1.88. The number of carbonyl (C=O) groups is 1. The number of benzene rings is 3. The number of pyridine rings is 1. The van der Waals surface area contributed by atoms with E-state index in [0.717, 1.165) is 27.4 Å². The van der Waals surface area contributed by atoms with Crippen LogP contribution < -0.4 is 10.1 Å². The molecule has 4 heteroatoms. The van der Waals surface area contributed by atoms with Gasteiger partial charge in [0.05, 0.1) is 11.2 Å². The molecule has 0 radical (unpaired) electrons. The highest BCUT2D eigenvalue weighted by Gasteiger charge is 2.08. The third kappa shape index (κ3) is 3.35. The largest absolute Gasteiger partial charge is 0.484 e. The molecule has 0 fully saturated rings. The van der Waals surface area contributed by atoms with Crippen molar-refractivity contribution < 1.29 is 9.53 Å². The van der Waals surface area contributed by atoms with Crippen LogP contribution in [0, 0.1) is 6.92 Å². The lowest BCUT2D eigenvalue weighted by molar-refractivity contribution is -0.118. The number of anilines is 1. The molecule has 4 aromatic rings. The molecule has 3 aromatic carbocycles. The summed E-state index contributed by atoms with van der Waals surface area (Å²) in [6.07, 6.45) is 0. The van der Waals surface area contributed by atoms with E-state index in [0.29, 0.717) is 11.4 Å². The fourth-order valence-corrected chi connectivity index (χ4v) is 2.94. The van der Waals surface area contributed by atoms with Crippen LogP contribution >= 0.6 is 0 Å². The first kappa shape index (κ1) is 16.1. The minimum absolute atomic E-state index is 0.0550. The summed E-state index contributed by atoms with van der Waals surface area (Å²) < 4.78 is 5.65. The summed E-state index contributed by atoms with van der Waals surface area (Å²) in [6, 6.07) is 23.5. The van der Waals surface area contributed by atoms with Crippen molar-refractivity contribution in [3.8, 4) is 5.75 Å². The summed E-state index contributed by atoms with van der Waals surface area (Å²) in [5, 5.41) is 6.11. The van der Waals surface area contributed by atoms with Gasteiger partial charge in [-0.25, -0.2) is 0 Å². The SMILES string of the molecule is Cc1ccc2cccc(NC(=O)COc3ccc4ccccc4c3)c2n1. The Morgan fingerprint density at radius 3 is 2.58 bits per heavy atom. The number of para-hydroxylation sites is 1. The minimum Gasteiger partial charge on any atom is -0.484 e. The number of rotatable bonds is 4. The number of hydrogen-bond donors (Lipinski definition) is 1. The molecule has 128 valence electrons. The number of carbonyl (C=O) groups excluding carboxylic acids is 1. The van der Waals surface area contributed by atoms with E-state index in [2.05, 4.69) is 10.3 Å². The smallest absolute Gasteiger partial charge is 0.262 e. The zero-order valence-electron chi connectivity index (χ0n) is 14.4. The maximum absolute atomic E-state index is 12.3. The highest BCUT2D eigenvalue weighted by atomic mass is 16.5. The van der Waals surface area contributed by atoms with Crippen molar-refractivity contribution in [2.45, 2.75) is 6.92 Å². The fraction of sp³-hybridized carbons (Fsp3) is 0.0909. The van der Waals surface area contributed by atoms with E-state index in [-0.39, 0.29) is 12.5 Å². The van der Waals surface area contributed by atoms with Crippen LogP contribution in [0.2, 0.25) is 0 Å². The molecule has 4 nitrogen and oxygen atoms in total. The highest BCUT2D eigenvalue weighted by Crippen LogP contribution is 2.23. The summed E-state index contributed by atoms with van der Waals surface area (Å²) in [5.74, 6) is 0.458. The quantitative estimate of drug-likeness (QED) is 0.584. The molecule has 0 unspecified atom stereocenters. The fourth-order valence-electron chi connectivity index (χ4n) is 2.94. The van der Waals surface area contributed by atoms with Gasteiger partial charge in [0.2, 0.25) is 0 Å². The number of nitrogens with zero attached hydrogens (tertiary/aromatic N) is 1. The third-order valence-corrected chi connectivity index (χ3v) is 4.22. The van der Waals surface area contributed by atoms with Gasteiger partial charge in [-0.3, -0.25) is 9.78 Å². The Hall–Kier alpha value is -3.40. The van der Waals surface area contributed by atoms with Gasteiger partial charge >= 0.3 is 0 Å². The van der Waals surface area contributed by atoms with E-state index < -0.39 is 0 Å². The topological polar surface area (TPSA) is 51.2 Å². The van der Waals surface area contributed by atoms with E-state index in [1.165, 1.54) is 0 Å². The number of fused-ring (bicyclic) bond motifs is 2. The van der Waals surface area contributed by atoms with Crippen molar-refractivity contribution in [3.63, 3.8) is 0 Å². The van der Waals surface area contributed by atoms with Crippen LogP contribution in [-0.4, -0.2) is 17.5 Å². The lowest BCUT2D eigenvalue weighted by Gasteiger charge is -2.10.